The minimum absolute atomic E-state index is 0.0722. The summed E-state index contributed by atoms with van der Waals surface area (Å²) in [5, 5.41) is 0. The molecule has 0 aliphatic carbocycles. The smallest absolute Gasteiger partial charge is 0.320 e. The highest BCUT2D eigenvalue weighted by Crippen LogP contribution is 2.36. The molecule has 0 radical (unpaired) electrons. The first-order chi connectivity index (χ1) is 8.99. The van der Waals surface area contributed by atoms with Crippen LogP contribution in [0.15, 0.2) is 12.1 Å². The van der Waals surface area contributed by atoms with Crippen LogP contribution in [-0.2, 0) is 0 Å². The van der Waals surface area contributed by atoms with Gasteiger partial charge in [0.05, 0.1) is 13.2 Å². The van der Waals surface area contributed by atoms with Gasteiger partial charge >= 0.3 is 6.03 Å². The van der Waals surface area contributed by atoms with Crippen molar-refractivity contribution in [2.45, 2.75) is 26.8 Å². The SMILES string of the molecule is CCN1CC(c2c(C)cc(C)cc2OC)N(C)C1=O. The number of amides is 2. The molecule has 104 valence electrons. The Kier molecular flexibility index (Phi) is 3.69. The highest BCUT2D eigenvalue weighted by Gasteiger charge is 2.36. The number of rotatable bonds is 3. The van der Waals surface area contributed by atoms with Crippen molar-refractivity contribution >= 4 is 6.03 Å². The second-order valence-corrected chi connectivity index (χ2v) is 5.15. The number of carbonyl (C=O) groups is 1. The lowest BCUT2D eigenvalue weighted by molar-refractivity contribution is 0.197. The summed E-state index contributed by atoms with van der Waals surface area (Å²) < 4.78 is 5.52. The van der Waals surface area contributed by atoms with Gasteiger partial charge in [-0.2, -0.15) is 0 Å². The Bertz CT molecular complexity index is 499. The van der Waals surface area contributed by atoms with Crippen molar-refractivity contribution in [3.63, 3.8) is 0 Å². The predicted molar refractivity (Wildman–Crippen MR) is 75.6 cm³/mol. The van der Waals surface area contributed by atoms with E-state index in [1.54, 1.807) is 7.11 Å². The Morgan fingerprint density at radius 2 is 2.05 bits per heavy atom. The van der Waals surface area contributed by atoms with Crippen molar-refractivity contribution in [2.24, 2.45) is 0 Å². The second-order valence-electron chi connectivity index (χ2n) is 5.15. The summed E-state index contributed by atoms with van der Waals surface area (Å²) in [7, 11) is 3.55. The fourth-order valence-electron chi connectivity index (χ4n) is 2.85. The van der Waals surface area contributed by atoms with Crippen molar-refractivity contribution in [1.29, 1.82) is 0 Å². The molecule has 1 atom stereocenters. The van der Waals surface area contributed by atoms with E-state index in [2.05, 4.69) is 19.9 Å². The molecule has 19 heavy (non-hydrogen) atoms. The van der Waals surface area contributed by atoms with Gasteiger partial charge in [0.25, 0.3) is 0 Å². The van der Waals surface area contributed by atoms with Gasteiger partial charge in [-0.15, -0.1) is 0 Å². The van der Waals surface area contributed by atoms with Crippen LogP contribution in [0.2, 0.25) is 0 Å². The molecular weight excluding hydrogens is 240 g/mol. The van der Waals surface area contributed by atoms with Crippen LogP contribution in [-0.4, -0.2) is 43.1 Å². The van der Waals surface area contributed by atoms with E-state index in [4.69, 9.17) is 4.74 Å². The molecule has 1 unspecified atom stereocenters. The number of aryl methyl sites for hydroxylation is 2. The summed E-state index contributed by atoms with van der Waals surface area (Å²) in [6.07, 6.45) is 0. The van der Waals surface area contributed by atoms with E-state index >= 15 is 0 Å². The Balaban J connectivity index is 2.45. The number of likely N-dealkylation sites (N-methyl/N-ethyl adjacent to an activating group) is 2. The summed E-state index contributed by atoms with van der Waals surface area (Å²) in [6, 6.07) is 4.34. The first kappa shape index (κ1) is 13.7. The average molecular weight is 262 g/mol. The van der Waals surface area contributed by atoms with Gasteiger partial charge in [-0.1, -0.05) is 6.07 Å². The van der Waals surface area contributed by atoms with E-state index in [0.29, 0.717) is 0 Å². The summed E-state index contributed by atoms with van der Waals surface area (Å²) in [5.41, 5.74) is 3.48. The molecule has 4 nitrogen and oxygen atoms in total. The molecule has 0 aromatic heterocycles. The fourth-order valence-corrected chi connectivity index (χ4v) is 2.85. The van der Waals surface area contributed by atoms with Crippen LogP contribution in [0.1, 0.15) is 29.7 Å². The molecule has 4 heteroatoms. The summed E-state index contributed by atoms with van der Waals surface area (Å²) in [6.45, 7) is 7.62. The van der Waals surface area contributed by atoms with Crippen LogP contribution in [0.4, 0.5) is 4.79 Å². The van der Waals surface area contributed by atoms with Crippen LogP contribution in [0.5, 0.6) is 5.75 Å². The first-order valence-electron chi connectivity index (χ1n) is 6.66. The quantitative estimate of drug-likeness (QED) is 0.839. The zero-order chi connectivity index (χ0) is 14.2. The molecule has 0 N–H and O–H groups in total. The molecule has 1 heterocycles. The van der Waals surface area contributed by atoms with Crippen molar-refractivity contribution < 1.29 is 9.53 Å². The van der Waals surface area contributed by atoms with Crippen LogP contribution in [0, 0.1) is 13.8 Å². The van der Waals surface area contributed by atoms with Gasteiger partial charge in [0.2, 0.25) is 0 Å². The molecule has 1 aromatic rings. The van der Waals surface area contributed by atoms with Crippen molar-refractivity contribution in [3.8, 4) is 5.75 Å². The van der Waals surface area contributed by atoms with Crippen LogP contribution in [0.3, 0.4) is 0 Å². The standard InChI is InChI=1S/C15H22N2O2/c1-6-17-9-12(16(4)15(17)18)14-11(3)7-10(2)8-13(14)19-5/h7-8,12H,6,9H2,1-5H3. The van der Waals surface area contributed by atoms with E-state index in [0.717, 1.165) is 24.4 Å². The van der Waals surface area contributed by atoms with Crippen LogP contribution in [0.25, 0.3) is 0 Å². The lowest BCUT2D eigenvalue weighted by atomic mass is 9.97. The second kappa shape index (κ2) is 5.11. The highest BCUT2D eigenvalue weighted by molar-refractivity contribution is 5.77. The molecule has 0 saturated carbocycles. The van der Waals surface area contributed by atoms with Gasteiger partial charge in [0.15, 0.2) is 0 Å². The lowest BCUT2D eigenvalue weighted by Crippen LogP contribution is -2.29. The van der Waals surface area contributed by atoms with E-state index in [-0.39, 0.29) is 12.1 Å². The van der Waals surface area contributed by atoms with Gasteiger partial charge in [-0.3, -0.25) is 0 Å². The molecular formula is C15H22N2O2. The zero-order valence-electron chi connectivity index (χ0n) is 12.4. The van der Waals surface area contributed by atoms with Crippen molar-refractivity contribution in [1.82, 2.24) is 9.80 Å². The van der Waals surface area contributed by atoms with E-state index in [9.17, 15) is 4.79 Å². The van der Waals surface area contributed by atoms with Crippen LogP contribution < -0.4 is 4.74 Å². The van der Waals surface area contributed by atoms with Crippen molar-refractivity contribution in [3.05, 3.63) is 28.8 Å². The molecule has 1 aromatic carbocycles. The largest absolute Gasteiger partial charge is 0.496 e. The number of hydrogen-bond acceptors (Lipinski definition) is 2. The van der Waals surface area contributed by atoms with E-state index in [1.165, 1.54) is 11.1 Å². The number of hydrogen-bond donors (Lipinski definition) is 0. The Morgan fingerprint density at radius 3 is 2.58 bits per heavy atom. The lowest BCUT2D eigenvalue weighted by Gasteiger charge is -2.23. The summed E-state index contributed by atoms with van der Waals surface area (Å²) in [4.78, 5) is 15.8. The van der Waals surface area contributed by atoms with Gasteiger partial charge < -0.3 is 14.5 Å². The third-order valence-electron chi connectivity index (χ3n) is 3.86. The fraction of sp³-hybridized carbons (Fsp3) is 0.533. The highest BCUT2D eigenvalue weighted by atomic mass is 16.5. The van der Waals surface area contributed by atoms with Crippen LogP contribution >= 0.6 is 0 Å². The molecule has 2 amide bonds. The molecule has 2 rings (SSSR count). The van der Waals surface area contributed by atoms with Gasteiger partial charge in [0.1, 0.15) is 5.75 Å². The Hall–Kier alpha value is -1.71. The monoisotopic (exact) mass is 262 g/mol. The molecule has 0 bridgehead atoms. The van der Waals surface area contributed by atoms with Gasteiger partial charge in [-0.25, -0.2) is 4.79 Å². The van der Waals surface area contributed by atoms with E-state index < -0.39 is 0 Å². The molecule has 0 spiro atoms. The number of nitrogens with zero attached hydrogens (tertiary/aromatic N) is 2. The summed E-state index contributed by atoms with van der Waals surface area (Å²) >= 11 is 0. The molecule has 1 saturated heterocycles. The number of benzene rings is 1. The van der Waals surface area contributed by atoms with Gasteiger partial charge in [0, 0.05) is 25.7 Å². The predicted octanol–water partition coefficient (Wildman–Crippen LogP) is 2.74. The Labute approximate surface area is 115 Å². The normalized spacial score (nSPS) is 19.2. The topological polar surface area (TPSA) is 32.8 Å². The third-order valence-corrected chi connectivity index (χ3v) is 3.86. The minimum atomic E-state index is 0.0722. The number of urea groups is 1. The molecule has 1 fully saturated rings. The van der Waals surface area contributed by atoms with Crippen molar-refractivity contribution in [2.75, 3.05) is 27.2 Å². The maximum atomic E-state index is 12.1. The zero-order valence-corrected chi connectivity index (χ0v) is 12.4. The Morgan fingerprint density at radius 1 is 1.37 bits per heavy atom. The third kappa shape index (κ3) is 2.27. The number of ether oxygens (including phenoxy) is 1. The average Bonchev–Trinajstić information content (AvgIpc) is 2.65. The minimum Gasteiger partial charge on any atom is -0.496 e. The maximum absolute atomic E-state index is 12.1. The first-order valence-corrected chi connectivity index (χ1v) is 6.66. The summed E-state index contributed by atoms with van der Waals surface area (Å²) in [5.74, 6) is 0.875. The molecule has 1 aliphatic heterocycles. The number of carbonyl (C=O) groups excluding carboxylic acids is 1. The maximum Gasteiger partial charge on any atom is 0.320 e. The number of methoxy groups -OCH3 is 1. The van der Waals surface area contributed by atoms with E-state index in [1.807, 2.05) is 29.8 Å². The van der Waals surface area contributed by atoms with Gasteiger partial charge in [-0.05, 0) is 38.0 Å². The molecule has 1 aliphatic rings.